The second-order valence-electron chi connectivity index (χ2n) is 4.51. The number of rotatable bonds is 2. The van der Waals surface area contributed by atoms with Crippen molar-refractivity contribution in [1.29, 1.82) is 0 Å². The number of hydrogen-bond acceptors (Lipinski definition) is 4. The maximum atomic E-state index is 12.2. The first-order valence-electron chi connectivity index (χ1n) is 6.01. The van der Waals surface area contributed by atoms with Gasteiger partial charge in [-0.25, -0.2) is 22.9 Å². The summed E-state index contributed by atoms with van der Waals surface area (Å²) < 4.78 is 22.9. The molecule has 2 heterocycles. The van der Waals surface area contributed by atoms with Crippen molar-refractivity contribution in [1.82, 2.24) is 15.1 Å². The van der Waals surface area contributed by atoms with Crippen molar-refractivity contribution in [2.45, 2.75) is 19.4 Å². The maximum Gasteiger partial charge on any atom is 0.328 e. The molecule has 1 atom stereocenters. The Balaban J connectivity index is 2.09. The molecule has 2 aliphatic rings. The van der Waals surface area contributed by atoms with Gasteiger partial charge in [0, 0.05) is 25.7 Å². The molecule has 0 aromatic carbocycles. The van der Waals surface area contributed by atoms with Crippen LogP contribution in [0, 0.1) is 0 Å². The monoisotopic (exact) mass is 275 g/mol. The summed E-state index contributed by atoms with van der Waals surface area (Å²) in [6, 6.07) is -1.10. The van der Waals surface area contributed by atoms with Crippen molar-refractivity contribution in [2.24, 2.45) is 0 Å². The Morgan fingerprint density at radius 2 is 2.28 bits per heavy atom. The second-order valence-corrected chi connectivity index (χ2v) is 6.74. The van der Waals surface area contributed by atoms with Crippen LogP contribution in [0.3, 0.4) is 0 Å². The number of sulfone groups is 1. The van der Waals surface area contributed by atoms with Crippen LogP contribution >= 0.6 is 0 Å². The Morgan fingerprint density at radius 1 is 1.56 bits per heavy atom. The average Bonchev–Trinajstić information content (AvgIpc) is 2.86. The Hall–Kier alpha value is -1.31. The van der Waals surface area contributed by atoms with Crippen molar-refractivity contribution in [3.8, 4) is 0 Å². The van der Waals surface area contributed by atoms with Crippen molar-refractivity contribution in [3.05, 3.63) is 0 Å². The van der Waals surface area contributed by atoms with Crippen molar-refractivity contribution >= 4 is 21.9 Å². The summed E-state index contributed by atoms with van der Waals surface area (Å²) in [6.07, 6.45) is 0.456. The molecular weight excluding hydrogens is 258 g/mol. The number of carbonyl (C=O) groups excluding carboxylic acids is 2. The normalized spacial score (nSPS) is 26.2. The van der Waals surface area contributed by atoms with E-state index in [1.165, 1.54) is 4.90 Å². The van der Waals surface area contributed by atoms with E-state index in [2.05, 4.69) is 5.32 Å². The summed E-state index contributed by atoms with van der Waals surface area (Å²) in [5.41, 5.74) is 0. The molecule has 0 radical (unpaired) electrons. The highest BCUT2D eigenvalue weighted by molar-refractivity contribution is 7.91. The molecule has 0 aromatic rings. The lowest BCUT2D eigenvalue weighted by Crippen LogP contribution is -2.49. The lowest BCUT2D eigenvalue weighted by atomic mass is 10.2. The van der Waals surface area contributed by atoms with Crippen molar-refractivity contribution in [2.75, 3.05) is 31.1 Å². The van der Waals surface area contributed by atoms with E-state index in [4.69, 9.17) is 0 Å². The zero-order chi connectivity index (χ0) is 13.3. The molecule has 102 valence electrons. The van der Waals surface area contributed by atoms with Crippen LogP contribution in [0.25, 0.3) is 0 Å². The Bertz CT molecular complexity index is 462. The first-order chi connectivity index (χ1) is 8.44. The van der Waals surface area contributed by atoms with Crippen molar-refractivity contribution in [3.63, 3.8) is 0 Å². The quantitative estimate of drug-likeness (QED) is 0.745. The molecule has 18 heavy (non-hydrogen) atoms. The fraction of sp³-hybridized carbons (Fsp3) is 0.800. The van der Waals surface area contributed by atoms with Gasteiger partial charge in [-0.3, -0.25) is 0 Å². The summed E-state index contributed by atoms with van der Waals surface area (Å²) in [6.45, 7) is 2.98. The van der Waals surface area contributed by atoms with E-state index in [0.29, 0.717) is 26.1 Å². The standard InChI is InChI=1S/C10H17N3O4S/c1-2-12(8-3-6-18(16,17)7-8)10(15)13-5-4-11-9(13)14/h8H,2-7H2,1H3,(H,11,14). The fourth-order valence-corrected chi connectivity index (χ4v) is 4.11. The maximum absolute atomic E-state index is 12.2. The summed E-state index contributed by atoms with van der Waals surface area (Å²) in [7, 11) is -3.03. The van der Waals surface area contributed by atoms with Gasteiger partial charge in [0.15, 0.2) is 9.84 Å². The first kappa shape index (κ1) is 13.1. The summed E-state index contributed by atoms with van der Waals surface area (Å²) >= 11 is 0. The van der Waals surface area contributed by atoms with Crippen LogP contribution in [0.5, 0.6) is 0 Å². The number of hydrogen-bond donors (Lipinski definition) is 1. The van der Waals surface area contributed by atoms with E-state index in [9.17, 15) is 18.0 Å². The van der Waals surface area contributed by atoms with Gasteiger partial charge in [-0.05, 0) is 13.3 Å². The van der Waals surface area contributed by atoms with E-state index in [1.807, 2.05) is 0 Å². The SMILES string of the molecule is CCN(C(=O)N1CCNC1=O)C1CCS(=O)(=O)C1. The van der Waals surface area contributed by atoms with Gasteiger partial charge in [0.25, 0.3) is 0 Å². The first-order valence-corrected chi connectivity index (χ1v) is 7.83. The molecule has 1 N–H and O–H groups in total. The van der Waals surface area contributed by atoms with Crippen LogP contribution in [-0.4, -0.2) is 67.5 Å². The zero-order valence-electron chi connectivity index (χ0n) is 10.3. The molecule has 0 aromatic heterocycles. The largest absolute Gasteiger partial charge is 0.336 e. The van der Waals surface area contributed by atoms with Gasteiger partial charge >= 0.3 is 12.1 Å². The summed E-state index contributed by atoms with van der Waals surface area (Å²) in [4.78, 5) is 26.2. The predicted molar refractivity (Wildman–Crippen MR) is 64.9 cm³/mol. The number of imide groups is 1. The van der Waals surface area contributed by atoms with Gasteiger partial charge in [-0.15, -0.1) is 0 Å². The smallest absolute Gasteiger partial charge is 0.328 e. The minimum atomic E-state index is -3.03. The van der Waals surface area contributed by atoms with Crippen LogP contribution < -0.4 is 5.32 Å². The van der Waals surface area contributed by atoms with E-state index in [1.54, 1.807) is 6.92 Å². The molecule has 2 aliphatic heterocycles. The second kappa shape index (κ2) is 4.75. The minimum absolute atomic E-state index is 0.00202. The highest BCUT2D eigenvalue weighted by Gasteiger charge is 2.37. The highest BCUT2D eigenvalue weighted by atomic mass is 32.2. The number of nitrogens with one attached hydrogen (secondary N) is 1. The Labute approximate surface area is 106 Å². The van der Waals surface area contributed by atoms with E-state index < -0.39 is 21.9 Å². The van der Waals surface area contributed by atoms with Gasteiger partial charge in [-0.1, -0.05) is 0 Å². The molecule has 2 saturated heterocycles. The number of amides is 4. The molecular formula is C10H17N3O4S. The van der Waals surface area contributed by atoms with E-state index in [-0.39, 0.29) is 17.5 Å². The molecule has 2 rings (SSSR count). The number of carbonyl (C=O) groups is 2. The lowest BCUT2D eigenvalue weighted by Gasteiger charge is -2.29. The molecule has 7 nitrogen and oxygen atoms in total. The Kier molecular flexibility index (Phi) is 3.47. The van der Waals surface area contributed by atoms with E-state index >= 15 is 0 Å². The number of nitrogens with zero attached hydrogens (tertiary/aromatic N) is 2. The molecule has 8 heteroatoms. The molecule has 0 aliphatic carbocycles. The highest BCUT2D eigenvalue weighted by Crippen LogP contribution is 2.19. The average molecular weight is 275 g/mol. The molecule has 0 saturated carbocycles. The van der Waals surface area contributed by atoms with Crippen LogP contribution in [0.15, 0.2) is 0 Å². The summed E-state index contributed by atoms with van der Waals surface area (Å²) in [5.74, 6) is 0.121. The molecule has 0 bridgehead atoms. The van der Waals surface area contributed by atoms with Gasteiger partial charge in [0.2, 0.25) is 0 Å². The third-order valence-electron chi connectivity index (χ3n) is 3.32. The van der Waals surface area contributed by atoms with Crippen LogP contribution in [-0.2, 0) is 9.84 Å². The van der Waals surface area contributed by atoms with E-state index in [0.717, 1.165) is 4.90 Å². The molecule has 0 spiro atoms. The third kappa shape index (κ3) is 2.43. The van der Waals surface area contributed by atoms with Crippen molar-refractivity contribution < 1.29 is 18.0 Å². The van der Waals surface area contributed by atoms with Crippen LogP contribution in [0.2, 0.25) is 0 Å². The fourth-order valence-electron chi connectivity index (χ4n) is 2.38. The predicted octanol–water partition coefficient (Wildman–Crippen LogP) is -0.359. The molecule has 1 unspecified atom stereocenters. The third-order valence-corrected chi connectivity index (χ3v) is 5.07. The molecule has 4 amide bonds. The molecule has 2 fully saturated rings. The topological polar surface area (TPSA) is 86.8 Å². The number of urea groups is 2. The van der Waals surface area contributed by atoms with Gasteiger partial charge in [0.05, 0.1) is 11.5 Å². The lowest BCUT2D eigenvalue weighted by molar-refractivity contribution is 0.152. The summed E-state index contributed by atoms with van der Waals surface area (Å²) in [5, 5.41) is 2.56. The minimum Gasteiger partial charge on any atom is -0.336 e. The van der Waals surface area contributed by atoms with Gasteiger partial charge < -0.3 is 10.2 Å². The van der Waals surface area contributed by atoms with Crippen LogP contribution in [0.1, 0.15) is 13.3 Å². The van der Waals surface area contributed by atoms with Gasteiger partial charge in [0.1, 0.15) is 0 Å². The zero-order valence-corrected chi connectivity index (χ0v) is 11.1. The van der Waals surface area contributed by atoms with Gasteiger partial charge in [-0.2, -0.15) is 0 Å². The van der Waals surface area contributed by atoms with Crippen LogP contribution in [0.4, 0.5) is 9.59 Å². The Morgan fingerprint density at radius 3 is 2.72 bits per heavy atom.